The average molecular weight is 358 g/mol. The number of nitrogens with one attached hydrogen (secondary N) is 1. The predicted molar refractivity (Wildman–Crippen MR) is 103 cm³/mol. The summed E-state index contributed by atoms with van der Waals surface area (Å²) in [6.45, 7) is 4.49. The van der Waals surface area contributed by atoms with Crippen molar-refractivity contribution >= 4 is 28.9 Å². The minimum absolute atomic E-state index is 0.215. The van der Waals surface area contributed by atoms with Crippen LogP contribution in [-0.4, -0.2) is 0 Å². The van der Waals surface area contributed by atoms with Crippen molar-refractivity contribution in [1.82, 2.24) is 0 Å². The second-order valence-electron chi connectivity index (χ2n) is 7.14. The van der Waals surface area contributed by atoms with Crippen LogP contribution in [-0.2, 0) is 0 Å². The van der Waals surface area contributed by atoms with Gasteiger partial charge in [0, 0.05) is 21.7 Å². The van der Waals surface area contributed by atoms with Crippen LogP contribution in [0.4, 0.5) is 5.69 Å². The summed E-state index contributed by atoms with van der Waals surface area (Å²) in [6.07, 6.45) is 5.75. The minimum atomic E-state index is 0.215. The Morgan fingerprint density at radius 1 is 1.04 bits per heavy atom. The molecule has 3 heteroatoms. The molecule has 124 valence electrons. The molecular formula is C21H21Cl2N. The molecule has 3 unspecified atom stereocenters. The van der Waals surface area contributed by atoms with Crippen LogP contribution in [0.5, 0.6) is 0 Å². The number of hydrogen-bond acceptors (Lipinski definition) is 1. The lowest BCUT2D eigenvalue weighted by Crippen LogP contribution is -2.29. The van der Waals surface area contributed by atoms with Gasteiger partial charge in [-0.05, 0) is 53.1 Å². The highest BCUT2D eigenvalue weighted by molar-refractivity contribution is 6.35. The Bertz CT molecular complexity index is 809. The highest BCUT2D eigenvalue weighted by Gasteiger charge is 2.38. The maximum Gasteiger partial charge on any atom is 0.0568 e. The fourth-order valence-electron chi connectivity index (χ4n) is 4.03. The van der Waals surface area contributed by atoms with Crippen molar-refractivity contribution in [3.63, 3.8) is 0 Å². The molecule has 1 N–H and O–H groups in total. The van der Waals surface area contributed by atoms with E-state index in [1.54, 1.807) is 0 Å². The normalized spacial score (nSPS) is 24.6. The summed E-state index contributed by atoms with van der Waals surface area (Å²) in [6, 6.07) is 12.9. The molecular weight excluding hydrogens is 337 g/mol. The second kappa shape index (κ2) is 6.13. The topological polar surface area (TPSA) is 12.0 Å². The SMILES string of the molecule is CC(C)c1ccc2c(c1)C1C=CCC1C(c1ccc(Cl)cc1Cl)N2. The van der Waals surface area contributed by atoms with E-state index in [1.807, 2.05) is 12.1 Å². The Hall–Kier alpha value is -1.44. The lowest BCUT2D eigenvalue weighted by molar-refractivity contribution is 0.425. The highest BCUT2D eigenvalue weighted by atomic mass is 35.5. The second-order valence-corrected chi connectivity index (χ2v) is 7.99. The number of halogens is 2. The van der Waals surface area contributed by atoms with E-state index in [0.29, 0.717) is 22.8 Å². The zero-order valence-corrected chi connectivity index (χ0v) is 15.4. The molecule has 2 aromatic rings. The van der Waals surface area contributed by atoms with Crippen molar-refractivity contribution in [1.29, 1.82) is 0 Å². The van der Waals surface area contributed by atoms with E-state index in [0.717, 1.165) is 17.0 Å². The molecule has 1 nitrogen and oxygen atoms in total. The van der Waals surface area contributed by atoms with Crippen LogP contribution in [0.3, 0.4) is 0 Å². The lowest BCUT2D eigenvalue weighted by atomic mass is 9.76. The molecule has 3 atom stereocenters. The van der Waals surface area contributed by atoms with Gasteiger partial charge in [0.15, 0.2) is 0 Å². The third kappa shape index (κ3) is 2.64. The van der Waals surface area contributed by atoms with Crippen LogP contribution in [0.2, 0.25) is 10.0 Å². The molecule has 0 saturated carbocycles. The summed E-state index contributed by atoms with van der Waals surface area (Å²) in [5.74, 6) is 1.50. The first kappa shape index (κ1) is 16.1. The van der Waals surface area contributed by atoms with Gasteiger partial charge < -0.3 is 5.32 Å². The van der Waals surface area contributed by atoms with Crippen LogP contribution in [0.1, 0.15) is 54.8 Å². The molecule has 1 heterocycles. The van der Waals surface area contributed by atoms with Gasteiger partial charge in [-0.3, -0.25) is 0 Å². The quantitative estimate of drug-likeness (QED) is 0.573. The Morgan fingerprint density at radius 2 is 1.88 bits per heavy atom. The van der Waals surface area contributed by atoms with E-state index in [4.69, 9.17) is 23.2 Å². The first-order valence-corrected chi connectivity index (χ1v) is 9.32. The monoisotopic (exact) mass is 357 g/mol. The third-order valence-corrected chi connectivity index (χ3v) is 5.91. The molecule has 0 fully saturated rings. The fourth-order valence-corrected chi connectivity index (χ4v) is 4.56. The van der Waals surface area contributed by atoms with Crippen molar-refractivity contribution in [2.75, 3.05) is 5.32 Å². The van der Waals surface area contributed by atoms with Gasteiger partial charge in [0.05, 0.1) is 6.04 Å². The van der Waals surface area contributed by atoms with E-state index in [9.17, 15) is 0 Å². The van der Waals surface area contributed by atoms with Gasteiger partial charge in [-0.15, -0.1) is 0 Å². The molecule has 4 rings (SSSR count). The number of fused-ring (bicyclic) bond motifs is 3. The number of anilines is 1. The zero-order valence-electron chi connectivity index (χ0n) is 13.9. The van der Waals surface area contributed by atoms with Gasteiger partial charge in [-0.25, -0.2) is 0 Å². The van der Waals surface area contributed by atoms with Crippen molar-refractivity contribution in [3.05, 3.63) is 75.3 Å². The average Bonchev–Trinajstić information content (AvgIpc) is 3.04. The number of hydrogen-bond donors (Lipinski definition) is 1. The molecule has 1 aliphatic heterocycles. The summed E-state index contributed by atoms with van der Waals surface area (Å²) in [7, 11) is 0. The molecule has 0 amide bonds. The van der Waals surface area contributed by atoms with Gasteiger partial charge in [0.1, 0.15) is 0 Å². The van der Waals surface area contributed by atoms with E-state index < -0.39 is 0 Å². The molecule has 2 aliphatic rings. The summed E-state index contributed by atoms with van der Waals surface area (Å²) >= 11 is 12.6. The van der Waals surface area contributed by atoms with Gasteiger partial charge in [0.25, 0.3) is 0 Å². The first-order valence-electron chi connectivity index (χ1n) is 8.56. The van der Waals surface area contributed by atoms with E-state index >= 15 is 0 Å². The van der Waals surface area contributed by atoms with Crippen LogP contribution in [0.15, 0.2) is 48.6 Å². The first-order chi connectivity index (χ1) is 11.5. The van der Waals surface area contributed by atoms with Crippen LogP contribution in [0.25, 0.3) is 0 Å². The van der Waals surface area contributed by atoms with Gasteiger partial charge in [0.2, 0.25) is 0 Å². The summed E-state index contributed by atoms with van der Waals surface area (Å²) in [5.41, 5.74) is 5.18. The van der Waals surface area contributed by atoms with Crippen molar-refractivity contribution in [2.24, 2.45) is 5.92 Å². The van der Waals surface area contributed by atoms with E-state index in [2.05, 4.69) is 55.6 Å². The number of benzene rings is 2. The third-order valence-electron chi connectivity index (χ3n) is 5.35. The minimum Gasteiger partial charge on any atom is -0.378 e. The Kier molecular flexibility index (Phi) is 4.10. The maximum atomic E-state index is 6.50. The van der Waals surface area contributed by atoms with E-state index in [1.165, 1.54) is 16.8 Å². The van der Waals surface area contributed by atoms with Gasteiger partial charge in [-0.2, -0.15) is 0 Å². The largest absolute Gasteiger partial charge is 0.378 e. The Morgan fingerprint density at radius 3 is 2.62 bits per heavy atom. The summed E-state index contributed by atoms with van der Waals surface area (Å²) in [4.78, 5) is 0. The van der Waals surface area contributed by atoms with Gasteiger partial charge >= 0.3 is 0 Å². The molecule has 0 saturated heterocycles. The van der Waals surface area contributed by atoms with Crippen LogP contribution in [0, 0.1) is 5.92 Å². The summed E-state index contributed by atoms with van der Waals surface area (Å²) < 4.78 is 0. The van der Waals surface area contributed by atoms with Crippen LogP contribution < -0.4 is 5.32 Å². The van der Waals surface area contributed by atoms with Crippen molar-refractivity contribution < 1.29 is 0 Å². The van der Waals surface area contributed by atoms with Crippen LogP contribution >= 0.6 is 23.2 Å². The summed E-state index contributed by atoms with van der Waals surface area (Å²) in [5, 5.41) is 5.17. The van der Waals surface area contributed by atoms with Gasteiger partial charge in [-0.1, -0.05) is 67.4 Å². The molecule has 0 bridgehead atoms. The molecule has 2 aromatic carbocycles. The van der Waals surface area contributed by atoms with Crippen molar-refractivity contribution in [2.45, 2.75) is 38.1 Å². The number of rotatable bonds is 2. The Labute approximate surface area is 153 Å². The molecule has 24 heavy (non-hydrogen) atoms. The fraction of sp³-hybridized carbons (Fsp3) is 0.333. The molecule has 0 radical (unpaired) electrons. The smallest absolute Gasteiger partial charge is 0.0568 e. The maximum absolute atomic E-state index is 6.50. The molecule has 1 aliphatic carbocycles. The Balaban J connectivity index is 1.78. The van der Waals surface area contributed by atoms with E-state index in [-0.39, 0.29) is 6.04 Å². The molecule has 0 aromatic heterocycles. The lowest BCUT2D eigenvalue weighted by Gasteiger charge is -2.38. The molecule has 0 spiro atoms. The predicted octanol–water partition coefficient (Wildman–Crippen LogP) is 6.94. The zero-order chi connectivity index (χ0) is 16.8. The standard InChI is InChI=1S/C21H21Cl2N/c1-12(2)13-6-9-20-18(10-13)15-4-3-5-16(15)21(24-20)17-8-7-14(22)11-19(17)23/h3-4,6-12,15-16,21,24H,5H2,1-2H3. The van der Waals surface area contributed by atoms with Crippen molar-refractivity contribution in [3.8, 4) is 0 Å². The number of allylic oxidation sites excluding steroid dienone is 2. The highest BCUT2D eigenvalue weighted by Crippen LogP contribution is 2.51.